The summed E-state index contributed by atoms with van der Waals surface area (Å²) in [6.07, 6.45) is 3.42. The number of nitrogens with one attached hydrogen (secondary N) is 1. The average molecular weight is 353 g/mol. The molecule has 0 aliphatic heterocycles. The van der Waals surface area contributed by atoms with Crippen LogP contribution >= 0.6 is 0 Å². The number of hydrogen-bond acceptors (Lipinski definition) is 4. The minimum absolute atomic E-state index is 0.109. The lowest BCUT2D eigenvalue weighted by Crippen LogP contribution is -2.14. The van der Waals surface area contributed by atoms with Crippen LogP contribution in [-0.2, 0) is 0 Å². The van der Waals surface area contributed by atoms with Gasteiger partial charge in [-0.2, -0.15) is 5.26 Å². The van der Waals surface area contributed by atoms with Crippen LogP contribution in [-0.4, -0.2) is 17.1 Å². The molecule has 0 saturated carbocycles. The summed E-state index contributed by atoms with van der Waals surface area (Å²) in [4.78, 5) is 12.6. The number of aryl methyl sites for hydroxylation is 1. The van der Waals surface area contributed by atoms with Gasteiger partial charge in [0.1, 0.15) is 23.0 Å². The quantitative estimate of drug-likeness (QED) is 0.751. The van der Waals surface area contributed by atoms with Crippen LogP contribution in [0.25, 0.3) is 5.88 Å². The number of amides is 1. The van der Waals surface area contributed by atoms with Crippen LogP contribution in [0.2, 0.25) is 0 Å². The topological polar surface area (TPSA) is 80.2 Å². The molecular weight excluding hydrogens is 337 g/mol. The van der Waals surface area contributed by atoms with E-state index in [9.17, 15) is 14.4 Å². The molecule has 0 saturated heterocycles. The van der Waals surface area contributed by atoms with Crippen molar-refractivity contribution in [2.24, 2.45) is 0 Å². The molecule has 2 heterocycles. The summed E-state index contributed by atoms with van der Waals surface area (Å²) in [7, 11) is 0. The Kier molecular flexibility index (Phi) is 4.76. The van der Waals surface area contributed by atoms with E-state index in [1.54, 1.807) is 42.9 Å². The first kappa shape index (κ1) is 17.3. The van der Waals surface area contributed by atoms with E-state index in [-0.39, 0.29) is 28.4 Å². The van der Waals surface area contributed by atoms with Crippen molar-refractivity contribution < 1.29 is 18.3 Å². The van der Waals surface area contributed by atoms with Crippen molar-refractivity contribution in [2.75, 3.05) is 11.9 Å². The standard InChI is InChI=1S/C19H16FN3O3/c1-3-25-16-7-6-13(10-15(16)20)22-18(24)17-12(2)26-19(14(17)11-21)23-8-4-5-9-23/h4-10H,3H2,1-2H3,(H,22,24). The van der Waals surface area contributed by atoms with Gasteiger partial charge < -0.3 is 14.5 Å². The van der Waals surface area contributed by atoms with Crippen molar-refractivity contribution in [3.05, 3.63) is 65.4 Å². The maximum absolute atomic E-state index is 14.0. The minimum atomic E-state index is -0.581. The first-order chi connectivity index (χ1) is 12.5. The summed E-state index contributed by atoms with van der Waals surface area (Å²) < 4.78 is 26.3. The Morgan fingerprint density at radius 2 is 2.12 bits per heavy atom. The third-order valence-corrected chi connectivity index (χ3v) is 3.73. The lowest BCUT2D eigenvalue weighted by atomic mass is 10.1. The van der Waals surface area contributed by atoms with E-state index >= 15 is 0 Å². The average Bonchev–Trinajstić information content (AvgIpc) is 3.24. The highest BCUT2D eigenvalue weighted by molar-refractivity contribution is 6.07. The summed E-state index contributed by atoms with van der Waals surface area (Å²) in [5.74, 6) is -0.461. The van der Waals surface area contributed by atoms with Crippen LogP contribution in [0.15, 0.2) is 47.1 Å². The zero-order chi connectivity index (χ0) is 18.7. The molecule has 3 rings (SSSR count). The number of hydrogen-bond donors (Lipinski definition) is 1. The largest absolute Gasteiger partial charge is 0.491 e. The number of halogens is 1. The second kappa shape index (κ2) is 7.15. The Balaban J connectivity index is 1.91. The van der Waals surface area contributed by atoms with Crippen LogP contribution in [0.4, 0.5) is 10.1 Å². The van der Waals surface area contributed by atoms with Crippen LogP contribution in [0.1, 0.15) is 28.6 Å². The highest BCUT2D eigenvalue weighted by Crippen LogP contribution is 2.27. The minimum Gasteiger partial charge on any atom is -0.491 e. The number of carbonyl (C=O) groups is 1. The molecule has 0 fully saturated rings. The number of benzene rings is 1. The summed E-state index contributed by atoms with van der Waals surface area (Å²) >= 11 is 0. The van der Waals surface area contributed by atoms with E-state index in [4.69, 9.17) is 9.15 Å². The van der Waals surface area contributed by atoms with Crippen LogP contribution < -0.4 is 10.1 Å². The molecule has 1 aromatic carbocycles. The zero-order valence-electron chi connectivity index (χ0n) is 14.2. The predicted molar refractivity (Wildman–Crippen MR) is 93.0 cm³/mol. The fourth-order valence-electron chi connectivity index (χ4n) is 2.60. The van der Waals surface area contributed by atoms with E-state index in [1.165, 1.54) is 12.1 Å². The molecule has 0 atom stereocenters. The normalized spacial score (nSPS) is 10.4. The van der Waals surface area contributed by atoms with Crippen molar-refractivity contribution in [1.82, 2.24) is 4.57 Å². The Labute approximate surface area is 149 Å². The molecule has 1 N–H and O–H groups in total. The van der Waals surface area contributed by atoms with Crippen molar-refractivity contribution in [3.63, 3.8) is 0 Å². The summed E-state index contributed by atoms with van der Waals surface area (Å²) in [6, 6.07) is 9.70. The van der Waals surface area contributed by atoms with Gasteiger partial charge in [-0.3, -0.25) is 9.36 Å². The van der Waals surface area contributed by atoms with E-state index in [0.29, 0.717) is 12.4 Å². The van der Waals surface area contributed by atoms with Gasteiger partial charge in [-0.1, -0.05) is 0 Å². The second-order valence-electron chi connectivity index (χ2n) is 5.45. The Hall–Kier alpha value is -3.53. The Morgan fingerprint density at radius 3 is 2.73 bits per heavy atom. The van der Waals surface area contributed by atoms with Crippen molar-refractivity contribution in [2.45, 2.75) is 13.8 Å². The van der Waals surface area contributed by atoms with E-state index in [2.05, 4.69) is 5.32 Å². The number of aromatic nitrogens is 1. The maximum atomic E-state index is 14.0. The van der Waals surface area contributed by atoms with Crippen LogP contribution in [0.5, 0.6) is 5.75 Å². The molecular formula is C19H16FN3O3. The number of furan rings is 1. The predicted octanol–water partition coefficient (Wildman–Crippen LogP) is 4.04. The summed E-state index contributed by atoms with van der Waals surface area (Å²) in [5.41, 5.74) is 0.482. The molecule has 1 amide bonds. The second-order valence-corrected chi connectivity index (χ2v) is 5.45. The lowest BCUT2D eigenvalue weighted by molar-refractivity contribution is 0.102. The Morgan fingerprint density at radius 1 is 1.38 bits per heavy atom. The molecule has 0 radical (unpaired) electrons. The smallest absolute Gasteiger partial charge is 0.260 e. The monoisotopic (exact) mass is 353 g/mol. The van der Waals surface area contributed by atoms with Gasteiger partial charge in [0.25, 0.3) is 5.91 Å². The van der Waals surface area contributed by atoms with E-state index in [1.807, 2.05) is 6.07 Å². The van der Waals surface area contributed by atoms with Gasteiger partial charge >= 0.3 is 0 Å². The van der Waals surface area contributed by atoms with E-state index < -0.39 is 11.7 Å². The molecule has 0 unspecified atom stereocenters. The number of ether oxygens (including phenoxy) is 1. The molecule has 0 spiro atoms. The van der Waals surface area contributed by atoms with Crippen LogP contribution in [0, 0.1) is 24.1 Å². The zero-order valence-corrected chi connectivity index (χ0v) is 14.2. The van der Waals surface area contributed by atoms with Gasteiger partial charge in [-0.25, -0.2) is 4.39 Å². The molecule has 3 aromatic rings. The number of rotatable bonds is 5. The van der Waals surface area contributed by atoms with Gasteiger partial charge in [-0.15, -0.1) is 0 Å². The van der Waals surface area contributed by atoms with Crippen molar-refractivity contribution in [3.8, 4) is 17.7 Å². The molecule has 0 aliphatic carbocycles. The van der Waals surface area contributed by atoms with Crippen molar-refractivity contribution in [1.29, 1.82) is 5.26 Å². The van der Waals surface area contributed by atoms with Gasteiger partial charge in [0, 0.05) is 24.1 Å². The van der Waals surface area contributed by atoms with E-state index in [0.717, 1.165) is 6.07 Å². The molecule has 7 heteroatoms. The SMILES string of the molecule is CCOc1ccc(NC(=O)c2c(C)oc(-n3cccc3)c2C#N)cc1F. The Bertz CT molecular complexity index is 984. The van der Waals surface area contributed by atoms with Gasteiger partial charge in [0.2, 0.25) is 5.88 Å². The summed E-state index contributed by atoms with van der Waals surface area (Å²) in [6.45, 7) is 3.69. The third kappa shape index (κ3) is 3.17. The number of nitrogens with zero attached hydrogens (tertiary/aromatic N) is 2. The van der Waals surface area contributed by atoms with Gasteiger partial charge in [0.05, 0.1) is 6.61 Å². The third-order valence-electron chi connectivity index (χ3n) is 3.73. The fourth-order valence-corrected chi connectivity index (χ4v) is 2.60. The molecule has 0 bridgehead atoms. The van der Waals surface area contributed by atoms with Gasteiger partial charge in [-0.05, 0) is 38.1 Å². The molecule has 132 valence electrons. The molecule has 0 aliphatic rings. The number of anilines is 1. The van der Waals surface area contributed by atoms with Gasteiger partial charge in [0.15, 0.2) is 11.6 Å². The number of nitriles is 1. The molecule has 2 aromatic heterocycles. The van der Waals surface area contributed by atoms with Crippen molar-refractivity contribution >= 4 is 11.6 Å². The number of carbonyl (C=O) groups excluding carboxylic acids is 1. The molecule has 6 nitrogen and oxygen atoms in total. The highest BCUT2D eigenvalue weighted by Gasteiger charge is 2.24. The highest BCUT2D eigenvalue weighted by atomic mass is 19.1. The summed E-state index contributed by atoms with van der Waals surface area (Å²) in [5, 5.41) is 12.1. The first-order valence-electron chi connectivity index (χ1n) is 7.95. The molecule has 26 heavy (non-hydrogen) atoms. The first-order valence-corrected chi connectivity index (χ1v) is 7.95. The maximum Gasteiger partial charge on any atom is 0.260 e. The fraction of sp³-hybridized carbons (Fsp3) is 0.158. The van der Waals surface area contributed by atoms with Crippen LogP contribution in [0.3, 0.4) is 0 Å². The lowest BCUT2D eigenvalue weighted by Gasteiger charge is -2.08.